The Bertz CT molecular complexity index is 1700. The van der Waals surface area contributed by atoms with Gasteiger partial charge in [0.15, 0.2) is 0 Å². The summed E-state index contributed by atoms with van der Waals surface area (Å²) in [6, 6.07) is 14.9. The van der Waals surface area contributed by atoms with Crippen molar-refractivity contribution in [1.82, 2.24) is 14.9 Å². The zero-order valence-corrected chi connectivity index (χ0v) is 24.2. The van der Waals surface area contributed by atoms with Gasteiger partial charge in [-0.05, 0) is 72.7 Å². The summed E-state index contributed by atoms with van der Waals surface area (Å²) in [7, 11) is 3.15. The van der Waals surface area contributed by atoms with Crippen LogP contribution in [0.1, 0.15) is 52.1 Å². The minimum absolute atomic E-state index is 0.157. The molecule has 1 spiro atoms. The number of halogens is 2. The van der Waals surface area contributed by atoms with E-state index in [1.165, 1.54) is 37.5 Å². The van der Waals surface area contributed by atoms with E-state index < -0.39 is 11.6 Å². The van der Waals surface area contributed by atoms with Gasteiger partial charge in [-0.15, -0.1) is 0 Å². The van der Waals surface area contributed by atoms with E-state index in [1.54, 1.807) is 31.3 Å². The number of hydrogen-bond donors (Lipinski definition) is 0. The van der Waals surface area contributed by atoms with Crippen LogP contribution in [-0.4, -0.2) is 48.1 Å². The van der Waals surface area contributed by atoms with Crippen LogP contribution in [0, 0.1) is 17.0 Å². The number of pyridine rings is 2. The number of rotatable bonds is 8. The van der Waals surface area contributed by atoms with Crippen molar-refractivity contribution in [2.24, 2.45) is 5.41 Å². The summed E-state index contributed by atoms with van der Waals surface area (Å²) in [5.41, 5.74) is 4.69. The second-order valence-corrected chi connectivity index (χ2v) is 11.8. The van der Waals surface area contributed by atoms with Crippen molar-refractivity contribution < 1.29 is 23.0 Å². The third-order valence-corrected chi connectivity index (χ3v) is 9.03. The number of ether oxygens (including phenoxy) is 2. The van der Waals surface area contributed by atoms with Crippen molar-refractivity contribution in [3.8, 4) is 22.8 Å². The Labute approximate surface area is 249 Å². The van der Waals surface area contributed by atoms with Crippen molar-refractivity contribution in [2.75, 3.05) is 32.2 Å². The monoisotopic (exact) mass is 582 g/mol. The first-order valence-electron chi connectivity index (χ1n) is 14.5. The molecule has 0 unspecified atom stereocenters. The van der Waals surface area contributed by atoms with E-state index in [0.29, 0.717) is 40.2 Å². The van der Waals surface area contributed by atoms with Crippen LogP contribution < -0.4 is 14.4 Å². The summed E-state index contributed by atoms with van der Waals surface area (Å²) < 4.78 is 40.6. The summed E-state index contributed by atoms with van der Waals surface area (Å²) in [6.45, 7) is 2.59. The van der Waals surface area contributed by atoms with Crippen LogP contribution >= 0.6 is 0 Å². The largest absolute Gasteiger partial charge is 0.497 e. The number of fused-ring (bicyclic) bond motifs is 1. The lowest BCUT2D eigenvalue weighted by molar-refractivity contribution is 0.0764. The van der Waals surface area contributed by atoms with Crippen LogP contribution in [0.2, 0.25) is 0 Å². The number of anilines is 1. The van der Waals surface area contributed by atoms with Crippen molar-refractivity contribution in [3.63, 3.8) is 0 Å². The predicted molar refractivity (Wildman–Crippen MR) is 158 cm³/mol. The minimum Gasteiger partial charge on any atom is -0.497 e. The highest BCUT2D eigenvalue weighted by Gasteiger charge is 2.47. The van der Waals surface area contributed by atoms with Gasteiger partial charge in [-0.2, -0.15) is 0 Å². The van der Waals surface area contributed by atoms with Crippen LogP contribution in [0.5, 0.6) is 11.5 Å². The van der Waals surface area contributed by atoms with E-state index in [1.807, 2.05) is 24.4 Å². The van der Waals surface area contributed by atoms with Gasteiger partial charge in [0.05, 0.1) is 61.7 Å². The van der Waals surface area contributed by atoms with Gasteiger partial charge in [0.2, 0.25) is 0 Å². The van der Waals surface area contributed by atoms with Gasteiger partial charge in [0.25, 0.3) is 5.91 Å². The third-order valence-electron chi connectivity index (χ3n) is 9.03. The molecule has 2 fully saturated rings. The number of carbonyl (C=O) groups excluding carboxylic acids is 1. The van der Waals surface area contributed by atoms with Gasteiger partial charge in [-0.3, -0.25) is 9.78 Å². The predicted octanol–water partition coefficient (Wildman–Crippen LogP) is 6.18. The maximum Gasteiger partial charge on any atom is 0.256 e. The Morgan fingerprint density at radius 1 is 0.930 bits per heavy atom. The summed E-state index contributed by atoms with van der Waals surface area (Å²) in [5.74, 6) is -0.361. The lowest BCUT2D eigenvalue weighted by Crippen LogP contribution is -2.24. The van der Waals surface area contributed by atoms with Crippen LogP contribution in [0.4, 0.5) is 14.5 Å². The van der Waals surface area contributed by atoms with Crippen molar-refractivity contribution >= 4 is 11.6 Å². The molecule has 7 rings (SSSR count). The molecule has 4 aromatic rings. The molecule has 1 saturated heterocycles. The smallest absolute Gasteiger partial charge is 0.256 e. The molecule has 43 heavy (non-hydrogen) atoms. The van der Waals surface area contributed by atoms with Gasteiger partial charge in [0.1, 0.15) is 23.1 Å². The first-order valence-corrected chi connectivity index (χ1v) is 14.5. The number of amides is 1. The molecule has 220 valence electrons. The zero-order valence-electron chi connectivity index (χ0n) is 24.2. The van der Waals surface area contributed by atoms with Crippen molar-refractivity contribution in [1.29, 1.82) is 0 Å². The quantitative estimate of drug-likeness (QED) is 0.247. The molecule has 0 atom stereocenters. The normalized spacial score (nSPS) is 16.6. The van der Waals surface area contributed by atoms with E-state index >= 15 is 0 Å². The van der Waals surface area contributed by atoms with Crippen molar-refractivity contribution in [3.05, 3.63) is 101 Å². The number of carbonyl (C=O) groups is 1. The molecule has 9 heteroatoms. The van der Waals surface area contributed by atoms with Crippen LogP contribution in [-0.2, 0) is 19.5 Å². The Kier molecular flexibility index (Phi) is 6.75. The molecule has 1 aliphatic carbocycles. The highest BCUT2D eigenvalue weighted by molar-refractivity contribution is 5.99. The Hall–Kier alpha value is -4.53. The van der Waals surface area contributed by atoms with E-state index in [-0.39, 0.29) is 30.3 Å². The average molecular weight is 583 g/mol. The SMILES string of the molecule is COc1ccc(CN2Cc3nc(-c4c(F)cccc4F)cc(Cc4ccc(N5CCC6(CC6)C5)cn4)c3C2=O)c(OC)c1. The highest BCUT2D eigenvalue weighted by Crippen LogP contribution is 2.53. The fraction of sp³-hybridized carbons (Fsp3) is 0.324. The molecule has 0 N–H and O–H groups in total. The summed E-state index contributed by atoms with van der Waals surface area (Å²) >= 11 is 0. The molecule has 3 aliphatic rings. The molecule has 4 heterocycles. The summed E-state index contributed by atoms with van der Waals surface area (Å²) in [4.78, 5) is 27.3. The fourth-order valence-corrected chi connectivity index (χ4v) is 6.41. The average Bonchev–Trinajstić information content (AvgIpc) is 3.52. The summed E-state index contributed by atoms with van der Waals surface area (Å²) in [5, 5.41) is 0. The second-order valence-electron chi connectivity index (χ2n) is 11.8. The first-order chi connectivity index (χ1) is 20.9. The molecule has 2 aromatic carbocycles. The van der Waals surface area contributed by atoms with Gasteiger partial charge in [-0.25, -0.2) is 13.8 Å². The molecule has 0 radical (unpaired) electrons. The Morgan fingerprint density at radius 2 is 1.74 bits per heavy atom. The topological polar surface area (TPSA) is 67.8 Å². The molecular formula is C34H32F2N4O3. The maximum atomic E-state index is 14.9. The molecular weight excluding hydrogens is 550 g/mol. The number of methoxy groups -OCH3 is 2. The molecule has 1 amide bonds. The number of benzene rings is 2. The van der Waals surface area contributed by atoms with Gasteiger partial charge < -0.3 is 19.3 Å². The fourth-order valence-electron chi connectivity index (χ4n) is 6.41. The van der Waals surface area contributed by atoms with E-state index in [4.69, 9.17) is 14.5 Å². The highest BCUT2D eigenvalue weighted by atomic mass is 19.1. The van der Waals surface area contributed by atoms with E-state index in [0.717, 1.165) is 30.0 Å². The molecule has 0 bridgehead atoms. The molecule has 1 saturated carbocycles. The standard InChI is InChI=1S/C34H32F2N4O3/c1-42-25-9-6-21(30(16-25)43-2)18-40-19-29-31(33(40)41)22(15-28(38-29)32-26(35)4-3-5-27(32)36)14-23-7-8-24(17-37-23)39-13-12-34(20-39)10-11-34/h3-9,15-17H,10-14,18-20H2,1-2H3. The van der Waals surface area contributed by atoms with Gasteiger partial charge >= 0.3 is 0 Å². The second kappa shape index (κ2) is 10.6. The lowest BCUT2D eigenvalue weighted by Gasteiger charge is -2.19. The van der Waals surface area contributed by atoms with E-state index in [2.05, 4.69) is 16.0 Å². The number of hydrogen-bond acceptors (Lipinski definition) is 6. The maximum absolute atomic E-state index is 14.9. The summed E-state index contributed by atoms with van der Waals surface area (Å²) in [6.07, 6.45) is 6.06. The van der Waals surface area contributed by atoms with Crippen molar-refractivity contribution in [2.45, 2.75) is 38.8 Å². The number of aromatic nitrogens is 2. The third kappa shape index (κ3) is 5.07. The number of nitrogens with zero attached hydrogens (tertiary/aromatic N) is 4. The van der Waals surface area contributed by atoms with Crippen LogP contribution in [0.15, 0.2) is 60.8 Å². The minimum atomic E-state index is -0.705. The van der Waals surface area contributed by atoms with E-state index in [9.17, 15) is 13.6 Å². The molecule has 2 aliphatic heterocycles. The van der Waals surface area contributed by atoms with Gasteiger partial charge in [-0.1, -0.05) is 6.07 Å². The zero-order chi connectivity index (χ0) is 29.7. The first kappa shape index (κ1) is 27.3. The van der Waals surface area contributed by atoms with Crippen LogP contribution in [0.3, 0.4) is 0 Å². The Balaban J connectivity index is 1.22. The van der Waals surface area contributed by atoms with Crippen LogP contribution in [0.25, 0.3) is 11.3 Å². The lowest BCUT2D eigenvalue weighted by atomic mass is 9.98. The van der Waals surface area contributed by atoms with Gasteiger partial charge in [0, 0.05) is 36.8 Å². The Morgan fingerprint density at radius 3 is 2.42 bits per heavy atom. The molecule has 7 nitrogen and oxygen atoms in total. The molecule has 2 aromatic heterocycles.